The molecule has 1 aromatic carbocycles. The van der Waals surface area contributed by atoms with E-state index in [-0.39, 0.29) is 17.2 Å². The van der Waals surface area contributed by atoms with E-state index < -0.39 is 60.5 Å². The molecule has 2 N–H and O–H groups in total. The van der Waals surface area contributed by atoms with Gasteiger partial charge in [-0.25, -0.2) is 8.78 Å². The van der Waals surface area contributed by atoms with Crippen LogP contribution in [0.1, 0.15) is 40.7 Å². The Kier molecular flexibility index (Phi) is 4.01. The number of halogens is 5. The highest BCUT2D eigenvalue weighted by Crippen LogP contribution is 2.64. The topological polar surface area (TPSA) is 69.6 Å². The number of rotatable bonds is 3. The molecule has 2 aliphatic carbocycles. The molecule has 1 aromatic rings. The maximum atomic E-state index is 14.2. The van der Waals surface area contributed by atoms with E-state index in [1.807, 2.05) is 0 Å². The quantitative estimate of drug-likeness (QED) is 0.758. The molecule has 2 amide bonds. The van der Waals surface area contributed by atoms with Crippen LogP contribution in [0.25, 0.3) is 0 Å². The Bertz CT molecular complexity index is 850. The maximum absolute atomic E-state index is 14.2. The molecule has 152 valence electrons. The zero-order chi connectivity index (χ0) is 20.5. The van der Waals surface area contributed by atoms with Gasteiger partial charge in [-0.2, -0.15) is 13.2 Å². The first-order valence-corrected chi connectivity index (χ1v) is 8.79. The third-order valence-corrected chi connectivity index (χ3v) is 5.75. The van der Waals surface area contributed by atoms with Gasteiger partial charge < -0.3 is 15.3 Å². The van der Waals surface area contributed by atoms with Crippen LogP contribution in [0.4, 0.5) is 22.0 Å². The fourth-order valence-corrected chi connectivity index (χ4v) is 4.03. The minimum atomic E-state index is -4.71. The average Bonchev–Trinajstić information content (AvgIpc) is 3.11. The van der Waals surface area contributed by atoms with E-state index in [9.17, 15) is 36.6 Å². The second kappa shape index (κ2) is 5.88. The molecule has 1 unspecified atom stereocenters. The van der Waals surface area contributed by atoms with E-state index in [0.717, 1.165) is 11.0 Å². The zero-order valence-corrected chi connectivity index (χ0v) is 14.5. The van der Waals surface area contributed by atoms with Crippen LogP contribution >= 0.6 is 0 Å². The maximum Gasteiger partial charge on any atom is 0.416 e. The number of nitrogens with one attached hydrogen (secondary N) is 1. The van der Waals surface area contributed by atoms with E-state index >= 15 is 0 Å². The van der Waals surface area contributed by atoms with Crippen molar-refractivity contribution >= 4 is 11.8 Å². The van der Waals surface area contributed by atoms with Crippen molar-refractivity contribution in [2.45, 2.75) is 48.9 Å². The molecule has 5 nitrogen and oxygen atoms in total. The van der Waals surface area contributed by atoms with Crippen molar-refractivity contribution in [1.82, 2.24) is 10.2 Å². The van der Waals surface area contributed by atoms with Crippen LogP contribution in [0.15, 0.2) is 18.2 Å². The lowest BCUT2D eigenvalue weighted by Gasteiger charge is -2.36. The number of hydrogen-bond donors (Lipinski definition) is 2. The average molecular weight is 404 g/mol. The SMILES string of the molecule is O=C(CN1CC2(CC2(F)F)c2cc(C(F)(F)F)ccc2C1=O)NC1CC(O)C1. The Hall–Kier alpha value is -2.23. The van der Waals surface area contributed by atoms with Crippen molar-refractivity contribution in [3.8, 4) is 0 Å². The van der Waals surface area contributed by atoms with Gasteiger partial charge >= 0.3 is 6.18 Å². The number of fused-ring (bicyclic) bond motifs is 2. The number of carbonyl (C=O) groups excluding carboxylic acids is 2. The largest absolute Gasteiger partial charge is 0.416 e. The number of amides is 2. The summed E-state index contributed by atoms with van der Waals surface area (Å²) in [6, 6.07) is 1.98. The molecule has 0 aromatic heterocycles. The molecule has 2 saturated carbocycles. The summed E-state index contributed by atoms with van der Waals surface area (Å²) in [5.41, 5.74) is -3.53. The molecule has 2 fully saturated rings. The van der Waals surface area contributed by atoms with Crippen LogP contribution in [0.2, 0.25) is 0 Å². The molecule has 28 heavy (non-hydrogen) atoms. The number of aliphatic hydroxyl groups excluding tert-OH is 1. The van der Waals surface area contributed by atoms with E-state index in [0.29, 0.717) is 25.0 Å². The number of hydrogen-bond acceptors (Lipinski definition) is 3. The Labute approximate surface area is 156 Å². The van der Waals surface area contributed by atoms with Crippen LogP contribution in [0.5, 0.6) is 0 Å². The number of alkyl halides is 5. The molecule has 3 aliphatic rings. The predicted octanol–water partition coefficient (Wildman–Crippen LogP) is 2.08. The second-order valence-electron chi connectivity index (χ2n) is 7.77. The van der Waals surface area contributed by atoms with Gasteiger partial charge in [0.15, 0.2) is 0 Å². The van der Waals surface area contributed by atoms with E-state index in [4.69, 9.17) is 0 Å². The fraction of sp³-hybridized carbons (Fsp3) is 0.556. The lowest BCUT2D eigenvalue weighted by molar-refractivity contribution is -0.137. The van der Waals surface area contributed by atoms with Crippen molar-refractivity contribution in [3.63, 3.8) is 0 Å². The highest BCUT2D eigenvalue weighted by atomic mass is 19.4. The first kappa shape index (κ1) is 19.1. The van der Waals surface area contributed by atoms with Crippen molar-refractivity contribution in [2.75, 3.05) is 13.1 Å². The number of benzene rings is 1. The van der Waals surface area contributed by atoms with Crippen LogP contribution in [-0.2, 0) is 16.4 Å². The first-order valence-electron chi connectivity index (χ1n) is 8.79. The first-order chi connectivity index (χ1) is 12.9. The molecule has 1 aliphatic heterocycles. The van der Waals surface area contributed by atoms with Crippen LogP contribution in [0, 0.1) is 0 Å². The lowest BCUT2D eigenvalue weighted by Crippen LogP contribution is -2.53. The Morgan fingerprint density at radius 1 is 1.29 bits per heavy atom. The summed E-state index contributed by atoms with van der Waals surface area (Å²) in [6.07, 6.45) is -5.12. The summed E-state index contributed by atoms with van der Waals surface area (Å²) in [7, 11) is 0. The molecule has 10 heteroatoms. The van der Waals surface area contributed by atoms with Gasteiger partial charge in [-0.3, -0.25) is 9.59 Å². The molecular formula is C18H17F5N2O3. The summed E-state index contributed by atoms with van der Waals surface area (Å²) in [6.45, 7) is -0.989. The molecule has 0 bridgehead atoms. The van der Waals surface area contributed by atoms with Gasteiger partial charge in [-0.15, -0.1) is 0 Å². The normalized spacial score (nSPS) is 30.6. The van der Waals surface area contributed by atoms with Gasteiger partial charge in [-0.1, -0.05) is 0 Å². The van der Waals surface area contributed by atoms with E-state index in [1.165, 1.54) is 0 Å². The zero-order valence-electron chi connectivity index (χ0n) is 14.5. The minimum Gasteiger partial charge on any atom is -0.393 e. The Morgan fingerprint density at radius 3 is 2.46 bits per heavy atom. The van der Waals surface area contributed by atoms with Crippen LogP contribution in [0.3, 0.4) is 0 Å². The summed E-state index contributed by atoms with van der Waals surface area (Å²) >= 11 is 0. The van der Waals surface area contributed by atoms with Crippen molar-refractivity contribution < 1.29 is 36.6 Å². The summed E-state index contributed by atoms with van der Waals surface area (Å²) in [5.74, 6) is -4.56. The van der Waals surface area contributed by atoms with Gasteiger partial charge in [0.05, 0.1) is 23.6 Å². The third kappa shape index (κ3) is 2.94. The second-order valence-corrected chi connectivity index (χ2v) is 7.77. The number of carbonyl (C=O) groups is 2. The molecular weight excluding hydrogens is 387 g/mol. The van der Waals surface area contributed by atoms with Gasteiger partial charge in [0.25, 0.3) is 11.8 Å². The molecule has 1 atom stereocenters. The number of nitrogens with zero attached hydrogens (tertiary/aromatic N) is 1. The van der Waals surface area contributed by atoms with E-state index in [2.05, 4.69) is 5.32 Å². The molecule has 0 radical (unpaired) electrons. The third-order valence-electron chi connectivity index (χ3n) is 5.75. The molecule has 1 spiro atoms. The molecule has 0 saturated heterocycles. The smallest absolute Gasteiger partial charge is 0.393 e. The van der Waals surface area contributed by atoms with Gasteiger partial charge in [-0.05, 0) is 36.6 Å². The van der Waals surface area contributed by atoms with Crippen molar-refractivity contribution in [3.05, 3.63) is 34.9 Å². The van der Waals surface area contributed by atoms with Gasteiger partial charge in [0, 0.05) is 24.6 Å². The summed E-state index contributed by atoms with van der Waals surface area (Å²) in [5, 5.41) is 11.8. The predicted molar refractivity (Wildman–Crippen MR) is 85.8 cm³/mol. The molecule has 4 rings (SSSR count). The van der Waals surface area contributed by atoms with Crippen molar-refractivity contribution in [1.29, 1.82) is 0 Å². The highest BCUT2D eigenvalue weighted by molar-refractivity contribution is 6.00. The van der Waals surface area contributed by atoms with Crippen LogP contribution < -0.4 is 5.32 Å². The Morgan fingerprint density at radius 2 is 1.93 bits per heavy atom. The van der Waals surface area contributed by atoms with Gasteiger partial charge in [0.1, 0.15) is 0 Å². The fourth-order valence-electron chi connectivity index (χ4n) is 4.03. The number of aliphatic hydroxyl groups is 1. The van der Waals surface area contributed by atoms with Gasteiger partial charge in [0.2, 0.25) is 5.91 Å². The Balaban J connectivity index is 1.60. The van der Waals surface area contributed by atoms with E-state index in [1.54, 1.807) is 0 Å². The standard InChI is InChI=1S/C18H17F5N2O3/c19-17(20)7-16(17)8-25(6-14(27)24-10-4-11(26)5-10)15(28)12-2-1-9(3-13(12)16)18(21,22)23/h1-3,10-11,26H,4-8H2,(H,24,27). The highest BCUT2D eigenvalue weighted by Gasteiger charge is 2.74. The monoisotopic (exact) mass is 404 g/mol. The summed E-state index contributed by atoms with van der Waals surface area (Å²) in [4.78, 5) is 25.7. The van der Waals surface area contributed by atoms with Crippen molar-refractivity contribution in [2.24, 2.45) is 0 Å². The molecule has 1 heterocycles. The summed E-state index contributed by atoms with van der Waals surface area (Å²) < 4.78 is 67.4. The lowest BCUT2D eigenvalue weighted by atomic mass is 9.84. The minimum absolute atomic E-state index is 0.233. The van der Waals surface area contributed by atoms with Crippen LogP contribution in [-0.4, -0.2) is 53.0 Å².